The number of hydrogen-bond acceptors (Lipinski definition) is 6. The van der Waals surface area contributed by atoms with E-state index in [4.69, 9.17) is 18.9 Å². The van der Waals surface area contributed by atoms with E-state index in [0.717, 1.165) is 22.3 Å². The maximum Gasteiger partial charge on any atom is 0.338 e. The zero-order chi connectivity index (χ0) is 24.4. The lowest BCUT2D eigenvalue weighted by molar-refractivity contribution is -0.147. The molecule has 0 aromatic rings. The van der Waals surface area contributed by atoms with Crippen molar-refractivity contribution < 1.29 is 28.5 Å². The summed E-state index contributed by atoms with van der Waals surface area (Å²) in [7, 11) is 0. The van der Waals surface area contributed by atoms with Crippen LogP contribution >= 0.6 is 0 Å². The van der Waals surface area contributed by atoms with Crippen LogP contribution in [0.15, 0.2) is 95.7 Å². The molecule has 0 aromatic heterocycles. The average molecular weight is 475 g/mol. The fraction of sp³-hybridized carbons (Fsp3) is 0.379. The first kappa shape index (κ1) is 23.5. The maximum atomic E-state index is 13.2. The maximum absolute atomic E-state index is 13.2. The molecule has 5 aliphatic rings. The second-order valence-electron chi connectivity index (χ2n) is 9.28. The van der Waals surface area contributed by atoms with E-state index in [-0.39, 0.29) is 49.2 Å². The summed E-state index contributed by atoms with van der Waals surface area (Å²) >= 11 is 0. The first-order chi connectivity index (χ1) is 17.1. The third-order valence-corrected chi connectivity index (χ3v) is 6.99. The third kappa shape index (κ3) is 5.24. The average Bonchev–Trinajstić information content (AvgIpc) is 3.81. The number of epoxide rings is 2. The summed E-state index contributed by atoms with van der Waals surface area (Å²) in [6.07, 6.45) is 18.6. The SMILES string of the molecule is C=CC1=CCC(C(=O)OCC2CO2)C(CC2=C(C(=O)OCC3CO3)C=CC3C=CC=CC23)=C1C=C. The van der Waals surface area contributed by atoms with Crippen LogP contribution in [-0.2, 0) is 28.5 Å². The van der Waals surface area contributed by atoms with Crippen LogP contribution in [0.4, 0.5) is 0 Å². The Balaban J connectivity index is 1.50. The van der Waals surface area contributed by atoms with Crippen molar-refractivity contribution in [3.8, 4) is 0 Å². The number of hydrogen-bond donors (Lipinski definition) is 0. The highest BCUT2D eigenvalue weighted by atomic mass is 16.6. The van der Waals surface area contributed by atoms with Crippen LogP contribution in [0.1, 0.15) is 12.8 Å². The van der Waals surface area contributed by atoms with Crippen LogP contribution < -0.4 is 0 Å². The molecule has 2 fully saturated rings. The Morgan fingerprint density at radius 3 is 2.37 bits per heavy atom. The Bertz CT molecular complexity index is 1110. The molecule has 6 heteroatoms. The number of fused-ring (bicyclic) bond motifs is 1. The predicted octanol–water partition coefficient (Wildman–Crippen LogP) is 4.10. The van der Waals surface area contributed by atoms with Crippen molar-refractivity contribution in [2.24, 2.45) is 17.8 Å². The minimum atomic E-state index is -0.470. The number of carbonyl (C=O) groups is 2. The summed E-state index contributed by atoms with van der Waals surface area (Å²) in [5.41, 5.74) is 4.16. The molecule has 35 heavy (non-hydrogen) atoms. The van der Waals surface area contributed by atoms with E-state index in [1.807, 2.05) is 30.4 Å². The Hall–Kier alpha value is -3.22. The second kappa shape index (κ2) is 10.2. The molecule has 0 saturated carbocycles. The number of ether oxygens (including phenoxy) is 4. The molecule has 5 unspecified atom stereocenters. The standard InChI is InChI=1S/C29H30O6/c1-3-18-9-11-24(28(30)34-16-20-14-32-20)26(22(18)4-2)13-27-23-8-6-5-7-19(23)10-12-25(27)29(31)35-17-21-15-33-21/h3-10,12,19-21,23-24H,1-2,11,13-17H2. The Kier molecular flexibility index (Phi) is 6.84. The molecule has 182 valence electrons. The van der Waals surface area contributed by atoms with Gasteiger partial charge < -0.3 is 18.9 Å². The molecular formula is C29H30O6. The highest BCUT2D eigenvalue weighted by Crippen LogP contribution is 2.43. The normalized spacial score (nSPS) is 30.4. The highest BCUT2D eigenvalue weighted by molar-refractivity contribution is 5.93. The summed E-state index contributed by atoms with van der Waals surface area (Å²) < 4.78 is 21.5. The molecule has 2 heterocycles. The van der Waals surface area contributed by atoms with Gasteiger partial charge in [-0.2, -0.15) is 0 Å². The van der Waals surface area contributed by atoms with Gasteiger partial charge in [-0.25, -0.2) is 4.79 Å². The van der Waals surface area contributed by atoms with Gasteiger partial charge in [0, 0.05) is 11.8 Å². The van der Waals surface area contributed by atoms with Crippen molar-refractivity contribution in [3.05, 3.63) is 95.7 Å². The van der Waals surface area contributed by atoms with Gasteiger partial charge in [-0.15, -0.1) is 0 Å². The minimum absolute atomic E-state index is 0.00193. The third-order valence-electron chi connectivity index (χ3n) is 6.99. The van der Waals surface area contributed by atoms with E-state index in [9.17, 15) is 9.59 Å². The lowest BCUT2D eigenvalue weighted by atomic mass is 9.71. The van der Waals surface area contributed by atoms with Gasteiger partial charge >= 0.3 is 11.9 Å². The predicted molar refractivity (Wildman–Crippen MR) is 131 cm³/mol. The van der Waals surface area contributed by atoms with Gasteiger partial charge in [0.2, 0.25) is 0 Å². The lowest BCUT2D eigenvalue weighted by Crippen LogP contribution is -2.28. The fourth-order valence-electron chi connectivity index (χ4n) is 4.89. The molecule has 0 bridgehead atoms. The molecular weight excluding hydrogens is 444 g/mol. The van der Waals surface area contributed by atoms with Crippen molar-refractivity contribution in [3.63, 3.8) is 0 Å². The summed E-state index contributed by atoms with van der Waals surface area (Å²) in [4.78, 5) is 26.3. The molecule has 0 radical (unpaired) electrons. The van der Waals surface area contributed by atoms with Crippen LogP contribution in [-0.4, -0.2) is 50.6 Å². The van der Waals surface area contributed by atoms with Gasteiger partial charge in [0.05, 0.1) is 24.7 Å². The monoisotopic (exact) mass is 474 g/mol. The Labute approximate surface area is 205 Å². The summed E-state index contributed by atoms with van der Waals surface area (Å²) in [5, 5.41) is 0. The van der Waals surface area contributed by atoms with Crippen molar-refractivity contribution in [2.75, 3.05) is 26.4 Å². The number of rotatable bonds is 10. The van der Waals surface area contributed by atoms with Crippen LogP contribution in [0.2, 0.25) is 0 Å². The fourth-order valence-corrected chi connectivity index (χ4v) is 4.89. The molecule has 0 spiro atoms. The van der Waals surface area contributed by atoms with Gasteiger partial charge in [0.15, 0.2) is 0 Å². The van der Waals surface area contributed by atoms with E-state index in [2.05, 4.69) is 25.3 Å². The molecule has 0 aromatic carbocycles. The van der Waals surface area contributed by atoms with Gasteiger partial charge in [0.1, 0.15) is 25.4 Å². The zero-order valence-electron chi connectivity index (χ0n) is 19.7. The van der Waals surface area contributed by atoms with E-state index >= 15 is 0 Å². The first-order valence-corrected chi connectivity index (χ1v) is 12.1. The zero-order valence-corrected chi connectivity index (χ0v) is 19.7. The minimum Gasteiger partial charge on any atom is -0.462 e. The van der Waals surface area contributed by atoms with Gasteiger partial charge in [-0.3, -0.25) is 4.79 Å². The van der Waals surface area contributed by atoms with E-state index < -0.39 is 5.92 Å². The van der Waals surface area contributed by atoms with E-state index in [1.165, 1.54) is 0 Å². The summed E-state index contributed by atoms with van der Waals surface area (Å²) in [6.45, 7) is 9.71. The van der Waals surface area contributed by atoms with Gasteiger partial charge in [-0.05, 0) is 35.1 Å². The summed E-state index contributed by atoms with van der Waals surface area (Å²) in [6, 6.07) is 0. The van der Waals surface area contributed by atoms with Crippen molar-refractivity contribution in [2.45, 2.75) is 25.0 Å². The largest absolute Gasteiger partial charge is 0.462 e. The number of allylic oxidation sites excluding steroid dienone is 11. The van der Waals surface area contributed by atoms with Crippen molar-refractivity contribution in [1.29, 1.82) is 0 Å². The van der Waals surface area contributed by atoms with Gasteiger partial charge in [0.25, 0.3) is 0 Å². The van der Waals surface area contributed by atoms with E-state index in [0.29, 0.717) is 31.6 Å². The molecule has 5 rings (SSSR count). The lowest BCUT2D eigenvalue weighted by Gasteiger charge is -2.33. The number of carbonyl (C=O) groups excluding carboxylic acids is 2. The molecule has 0 amide bonds. The smallest absolute Gasteiger partial charge is 0.338 e. The molecule has 2 aliphatic heterocycles. The topological polar surface area (TPSA) is 77.7 Å². The first-order valence-electron chi connectivity index (χ1n) is 12.1. The second-order valence-corrected chi connectivity index (χ2v) is 9.28. The quantitative estimate of drug-likeness (QED) is 0.350. The molecule has 6 nitrogen and oxygen atoms in total. The van der Waals surface area contributed by atoms with Crippen LogP contribution in [0.3, 0.4) is 0 Å². The Morgan fingerprint density at radius 1 is 0.971 bits per heavy atom. The number of esters is 2. The van der Waals surface area contributed by atoms with Crippen molar-refractivity contribution >= 4 is 11.9 Å². The molecule has 0 N–H and O–H groups in total. The van der Waals surface area contributed by atoms with Crippen molar-refractivity contribution in [1.82, 2.24) is 0 Å². The van der Waals surface area contributed by atoms with Gasteiger partial charge in [-0.1, -0.05) is 67.8 Å². The highest BCUT2D eigenvalue weighted by Gasteiger charge is 2.36. The van der Waals surface area contributed by atoms with Crippen LogP contribution in [0.5, 0.6) is 0 Å². The molecule has 5 atom stereocenters. The Morgan fingerprint density at radius 2 is 1.69 bits per heavy atom. The molecule has 3 aliphatic carbocycles. The molecule has 2 saturated heterocycles. The van der Waals surface area contributed by atoms with Crippen LogP contribution in [0, 0.1) is 17.8 Å². The van der Waals surface area contributed by atoms with E-state index in [1.54, 1.807) is 12.2 Å². The summed E-state index contributed by atoms with van der Waals surface area (Å²) in [5.74, 6) is -0.983. The van der Waals surface area contributed by atoms with Crippen LogP contribution in [0.25, 0.3) is 0 Å².